The van der Waals surface area contributed by atoms with Crippen LogP contribution in [-0.4, -0.2) is 79.7 Å². The van der Waals surface area contributed by atoms with Gasteiger partial charge in [-0.15, -0.1) is 0 Å². The molecule has 9 rings (SSSR count). The first kappa shape index (κ1) is 45.9. The lowest BCUT2D eigenvalue weighted by Crippen LogP contribution is -2.55. The Balaban J connectivity index is 0.957. The number of benzene rings is 5. The summed E-state index contributed by atoms with van der Waals surface area (Å²) in [4.78, 5) is 33.8. The van der Waals surface area contributed by atoms with E-state index in [1.165, 1.54) is 0 Å². The summed E-state index contributed by atoms with van der Waals surface area (Å²) in [7, 11) is -4.39. The number of carbonyl (C=O) groups is 2. The fourth-order valence-electron chi connectivity index (χ4n) is 8.22. The van der Waals surface area contributed by atoms with Crippen molar-refractivity contribution in [1.82, 2.24) is 14.6 Å². The molecule has 4 heterocycles. The lowest BCUT2D eigenvalue weighted by atomic mass is 9.94. The van der Waals surface area contributed by atoms with Crippen LogP contribution in [0.25, 0.3) is 11.1 Å². The minimum absolute atomic E-state index is 0.00521. The summed E-state index contributed by atoms with van der Waals surface area (Å²) in [6.07, 6.45) is -0.616. The van der Waals surface area contributed by atoms with Gasteiger partial charge in [0.1, 0.15) is 31.0 Å². The molecule has 0 bridgehead atoms. The maximum absolute atomic E-state index is 14.9. The van der Waals surface area contributed by atoms with Gasteiger partial charge in [0, 0.05) is 26.1 Å². The van der Waals surface area contributed by atoms with Crippen LogP contribution in [0.1, 0.15) is 45.2 Å². The Morgan fingerprint density at radius 2 is 1.61 bits per heavy atom. The monoisotopic (exact) mass is 979 g/mol. The Morgan fingerprint density at radius 3 is 2.30 bits per heavy atom. The minimum Gasteiger partial charge on any atom is -0.489 e. The topological polar surface area (TPSA) is 181 Å². The number of anilines is 1. The highest BCUT2D eigenvalue weighted by atomic mass is 35.5. The van der Waals surface area contributed by atoms with Gasteiger partial charge in [-0.2, -0.15) is 9.57 Å². The van der Waals surface area contributed by atoms with Crippen LogP contribution in [0.5, 0.6) is 17.2 Å². The minimum atomic E-state index is -4.39. The number of thiazole rings is 1. The maximum Gasteiger partial charge on any atom is 0.326 e. The van der Waals surface area contributed by atoms with Gasteiger partial charge in [0.05, 0.1) is 40.6 Å². The van der Waals surface area contributed by atoms with Crippen LogP contribution in [0.15, 0.2) is 107 Å². The number of aryl methyl sites for hydroxylation is 1. The lowest BCUT2D eigenvalue weighted by Gasteiger charge is -2.36. The number of carboxylic acids is 1. The normalized spacial score (nSPS) is 17.5. The van der Waals surface area contributed by atoms with Crippen molar-refractivity contribution >= 4 is 61.6 Å². The number of hydrogen-bond donors (Lipinski definition) is 2. The molecular formula is C49H43Cl2N5O9S2. The quantitative estimate of drug-likeness (QED) is 0.114. The first-order valence-electron chi connectivity index (χ1n) is 21.4. The first-order valence-corrected chi connectivity index (χ1v) is 24.4. The number of nitriles is 1. The molecule has 1 amide bonds. The van der Waals surface area contributed by atoms with Crippen molar-refractivity contribution in [3.63, 3.8) is 0 Å². The molecule has 1 aromatic heterocycles. The van der Waals surface area contributed by atoms with Crippen molar-refractivity contribution in [2.75, 3.05) is 37.8 Å². The average molecular weight is 981 g/mol. The zero-order valence-corrected chi connectivity index (χ0v) is 39.1. The third-order valence-electron chi connectivity index (χ3n) is 11.9. The number of halogens is 2. The summed E-state index contributed by atoms with van der Waals surface area (Å²) in [5.74, 6) is -0.546. The summed E-state index contributed by atoms with van der Waals surface area (Å²) >= 11 is 13.2. The predicted molar refractivity (Wildman–Crippen MR) is 253 cm³/mol. The molecule has 0 saturated carbocycles. The second-order valence-corrected chi connectivity index (χ2v) is 20.2. The second kappa shape index (κ2) is 19.6. The molecular weight excluding hydrogens is 938 g/mol. The van der Waals surface area contributed by atoms with Crippen molar-refractivity contribution in [2.24, 2.45) is 0 Å². The summed E-state index contributed by atoms with van der Waals surface area (Å²) in [5.41, 5.74) is 6.19. The molecule has 2 N–H and O–H groups in total. The number of nitrogens with one attached hydrogen (secondary N) is 1. The zero-order chi connectivity index (χ0) is 46.8. The van der Waals surface area contributed by atoms with E-state index in [4.69, 9.17) is 47.4 Å². The highest BCUT2D eigenvalue weighted by Crippen LogP contribution is 2.43. The van der Waals surface area contributed by atoms with E-state index in [2.05, 4.69) is 16.4 Å². The Morgan fingerprint density at radius 1 is 0.925 bits per heavy atom. The molecule has 0 aliphatic carbocycles. The Labute approximate surface area is 401 Å². The van der Waals surface area contributed by atoms with Gasteiger partial charge in [-0.05, 0) is 101 Å². The molecule has 3 unspecified atom stereocenters. The van der Waals surface area contributed by atoms with Gasteiger partial charge in [0.25, 0.3) is 10.0 Å². The van der Waals surface area contributed by atoms with Crippen LogP contribution < -0.4 is 24.4 Å². The van der Waals surface area contributed by atoms with Crippen molar-refractivity contribution in [3.05, 3.63) is 152 Å². The largest absolute Gasteiger partial charge is 0.489 e. The van der Waals surface area contributed by atoms with Crippen LogP contribution in [0.3, 0.4) is 0 Å². The molecule has 3 aliphatic rings. The number of carboxylic acid groups (broad SMARTS) is 1. The van der Waals surface area contributed by atoms with Crippen LogP contribution in [0.4, 0.5) is 5.13 Å². The lowest BCUT2D eigenvalue weighted by molar-refractivity contribution is -0.142. The number of aromatic nitrogens is 1. The molecule has 0 radical (unpaired) electrons. The van der Waals surface area contributed by atoms with Gasteiger partial charge in [-0.25, -0.2) is 18.2 Å². The fourth-order valence-corrected chi connectivity index (χ4v) is 11.8. The first-order chi connectivity index (χ1) is 32.3. The molecule has 6 aromatic rings. The summed E-state index contributed by atoms with van der Waals surface area (Å²) in [6.45, 7) is 3.97. The van der Waals surface area contributed by atoms with Gasteiger partial charge in [0.2, 0.25) is 5.91 Å². The number of hydrogen-bond acceptors (Lipinski definition) is 12. The molecule has 0 spiro atoms. The van der Waals surface area contributed by atoms with Gasteiger partial charge in [0.15, 0.2) is 26.9 Å². The van der Waals surface area contributed by atoms with E-state index < -0.39 is 40.1 Å². The van der Waals surface area contributed by atoms with Crippen LogP contribution in [0, 0.1) is 18.3 Å². The van der Waals surface area contributed by atoms with E-state index in [1.54, 1.807) is 55.5 Å². The Hall–Kier alpha value is -6.19. The fraction of sp³-hybridized carbons (Fsp3) is 0.265. The number of amides is 1. The highest BCUT2D eigenvalue weighted by Gasteiger charge is 2.43. The maximum atomic E-state index is 14.9. The van der Waals surface area contributed by atoms with E-state index >= 15 is 0 Å². The molecule has 1 saturated heterocycles. The standard InChI is InChI=1S/C49H43Cl2N5O9S2/c1-29-48(66-49(53-29)55-16-18-62-19-17-55)67(60,61)56-26-37-24-44-43(64-28-45(65-44)35-11-13-38(14-12-35)63-27-32-6-15-39(50)40(51)20-32)23-36(37)22-42(56)46(57)54-41(47(58)59)21-30-2-7-33(8-3-30)34-9-4-31(25-52)5-10-34/h2-15,20,23-24,41-42,45H,16-19,21-22,26-28H2,1H3,(H,54,57)(H,58,59). The second-order valence-electron chi connectivity index (χ2n) is 16.3. The van der Waals surface area contributed by atoms with E-state index in [1.807, 2.05) is 59.5 Å². The molecule has 18 heteroatoms. The van der Waals surface area contributed by atoms with Gasteiger partial charge < -0.3 is 34.3 Å². The molecule has 5 aromatic carbocycles. The third kappa shape index (κ3) is 10.1. The summed E-state index contributed by atoms with van der Waals surface area (Å²) in [5, 5.41) is 23.7. The molecule has 14 nitrogen and oxygen atoms in total. The van der Waals surface area contributed by atoms with E-state index in [0.29, 0.717) is 93.3 Å². The number of sulfonamides is 1. The van der Waals surface area contributed by atoms with E-state index in [-0.39, 0.29) is 30.2 Å². The Kier molecular flexibility index (Phi) is 13.4. The number of morpholine rings is 1. The Bertz CT molecular complexity index is 2980. The van der Waals surface area contributed by atoms with E-state index in [0.717, 1.165) is 37.9 Å². The van der Waals surface area contributed by atoms with Gasteiger partial charge in [-0.3, -0.25) is 4.79 Å². The van der Waals surface area contributed by atoms with Crippen molar-refractivity contribution in [3.8, 4) is 34.4 Å². The molecule has 344 valence electrons. The number of fused-ring (bicyclic) bond motifs is 2. The van der Waals surface area contributed by atoms with E-state index in [9.17, 15) is 23.1 Å². The average Bonchev–Trinajstić information content (AvgIpc) is 3.75. The predicted octanol–water partition coefficient (Wildman–Crippen LogP) is 8.15. The molecule has 3 aliphatic heterocycles. The van der Waals surface area contributed by atoms with Crippen molar-refractivity contribution in [1.29, 1.82) is 5.26 Å². The van der Waals surface area contributed by atoms with Crippen LogP contribution in [-0.2, 0) is 50.3 Å². The van der Waals surface area contributed by atoms with Crippen LogP contribution in [0.2, 0.25) is 10.0 Å². The number of carbonyl (C=O) groups excluding carboxylic acids is 1. The van der Waals surface area contributed by atoms with Crippen molar-refractivity contribution in [2.45, 2.75) is 55.3 Å². The van der Waals surface area contributed by atoms with Gasteiger partial charge in [-0.1, -0.05) is 89.1 Å². The highest BCUT2D eigenvalue weighted by molar-refractivity contribution is 7.91. The SMILES string of the molecule is Cc1nc(N2CCOCC2)sc1S(=O)(=O)N1Cc2cc3c(cc2CC1C(=O)NC(Cc1ccc(-c2ccc(C#N)cc2)cc1)C(=O)O)OCC(c1ccc(OCc2ccc(Cl)c(Cl)c2)cc1)O3. The number of nitrogens with zero attached hydrogens (tertiary/aromatic N) is 4. The third-order valence-corrected chi connectivity index (χ3v) is 16.3. The number of rotatable bonds is 13. The smallest absolute Gasteiger partial charge is 0.326 e. The van der Waals surface area contributed by atoms with Crippen LogP contribution >= 0.6 is 34.5 Å². The summed E-state index contributed by atoms with van der Waals surface area (Å²) < 4.78 is 55.1. The molecule has 1 fully saturated rings. The number of ether oxygens (including phenoxy) is 4. The molecule has 3 atom stereocenters. The van der Waals surface area contributed by atoms with Crippen molar-refractivity contribution < 1.29 is 42.1 Å². The van der Waals surface area contributed by atoms with Gasteiger partial charge >= 0.3 is 5.97 Å². The summed E-state index contributed by atoms with van der Waals surface area (Å²) in [6, 6.07) is 30.0. The number of aliphatic carboxylic acids is 1. The molecule has 67 heavy (non-hydrogen) atoms. The zero-order valence-electron chi connectivity index (χ0n) is 36.0.